The van der Waals surface area contributed by atoms with Crippen LogP contribution in [0, 0.1) is 0 Å². The molecule has 9 heteroatoms. The van der Waals surface area contributed by atoms with Crippen molar-refractivity contribution in [2.45, 2.75) is 12.3 Å². The fraction of sp³-hybridized carbons (Fsp3) is 0.714. The summed E-state index contributed by atoms with van der Waals surface area (Å²) < 4.78 is 25.4. The minimum atomic E-state index is -3.98. The number of ether oxygens (including phenoxy) is 1. The molecule has 3 N–H and O–H groups in total. The van der Waals surface area contributed by atoms with Crippen LogP contribution in [0.25, 0.3) is 0 Å². The van der Waals surface area contributed by atoms with Gasteiger partial charge in [-0.1, -0.05) is 0 Å². The summed E-state index contributed by atoms with van der Waals surface area (Å²) >= 11 is 0. The standard InChI is InChI=1S/C7H15N2O6P/c1-7(11,16(12,14-3)15-4)5(9-8)6(10)13-2/h11H,8H2,1-4H3/b9-5+. The summed E-state index contributed by atoms with van der Waals surface area (Å²) in [7, 11) is -0.797. The molecule has 16 heavy (non-hydrogen) atoms. The molecule has 0 heterocycles. The largest absolute Gasteiger partial charge is 0.464 e. The lowest BCUT2D eigenvalue weighted by Crippen LogP contribution is -2.42. The van der Waals surface area contributed by atoms with Crippen molar-refractivity contribution in [2.24, 2.45) is 10.9 Å². The molecular weight excluding hydrogens is 239 g/mol. The molecule has 0 spiro atoms. The van der Waals surface area contributed by atoms with Gasteiger partial charge in [-0.25, -0.2) is 4.79 Å². The predicted octanol–water partition coefficient (Wildman–Crippen LogP) is -0.332. The lowest BCUT2D eigenvalue weighted by Gasteiger charge is -2.28. The van der Waals surface area contributed by atoms with Gasteiger partial charge < -0.3 is 24.7 Å². The van der Waals surface area contributed by atoms with Gasteiger partial charge in [-0.2, -0.15) is 5.10 Å². The molecule has 0 bridgehead atoms. The van der Waals surface area contributed by atoms with Crippen LogP contribution < -0.4 is 5.84 Å². The van der Waals surface area contributed by atoms with Crippen LogP contribution >= 0.6 is 7.60 Å². The highest BCUT2D eigenvalue weighted by Gasteiger charge is 2.52. The molecule has 0 fully saturated rings. The third-order valence-electron chi connectivity index (χ3n) is 1.97. The number of rotatable bonds is 5. The molecule has 0 aliphatic heterocycles. The van der Waals surface area contributed by atoms with Crippen molar-refractivity contribution in [3.8, 4) is 0 Å². The summed E-state index contributed by atoms with van der Waals surface area (Å²) in [6.07, 6.45) is 0. The number of hydrogen-bond acceptors (Lipinski definition) is 8. The molecular formula is C7H15N2O6P. The average Bonchev–Trinajstić information content (AvgIpc) is 2.27. The van der Waals surface area contributed by atoms with Gasteiger partial charge in [-0.05, 0) is 6.92 Å². The van der Waals surface area contributed by atoms with Crippen LogP contribution in [-0.2, 0) is 23.1 Å². The van der Waals surface area contributed by atoms with E-state index in [4.69, 9.17) is 5.84 Å². The van der Waals surface area contributed by atoms with Gasteiger partial charge in [-0.15, -0.1) is 0 Å². The summed E-state index contributed by atoms with van der Waals surface area (Å²) in [5.74, 6) is 3.91. The van der Waals surface area contributed by atoms with E-state index < -0.39 is 24.6 Å². The van der Waals surface area contributed by atoms with E-state index in [9.17, 15) is 14.5 Å². The lowest BCUT2D eigenvalue weighted by molar-refractivity contribution is -0.133. The summed E-state index contributed by atoms with van der Waals surface area (Å²) in [6.45, 7) is 1.03. The Morgan fingerprint density at radius 3 is 2.06 bits per heavy atom. The summed E-state index contributed by atoms with van der Waals surface area (Å²) in [6, 6.07) is 0. The smallest absolute Gasteiger partial charge is 0.367 e. The molecule has 0 aromatic heterocycles. The fourth-order valence-electron chi connectivity index (χ4n) is 1.02. The van der Waals surface area contributed by atoms with E-state index in [0.29, 0.717) is 0 Å². The number of hydrogen-bond donors (Lipinski definition) is 2. The first-order chi connectivity index (χ1) is 7.30. The molecule has 0 saturated carbocycles. The van der Waals surface area contributed by atoms with E-state index in [-0.39, 0.29) is 0 Å². The molecule has 0 radical (unpaired) electrons. The zero-order valence-corrected chi connectivity index (χ0v) is 10.4. The molecule has 1 atom stereocenters. The van der Waals surface area contributed by atoms with Crippen molar-refractivity contribution >= 4 is 19.3 Å². The minimum absolute atomic E-state index is 0.651. The Labute approximate surface area is 92.9 Å². The molecule has 0 saturated heterocycles. The van der Waals surface area contributed by atoms with Crippen molar-refractivity contribution in [2.75, 3.05) is 21.3 Å². The number of carbonyl (C=O) groups is 1. The summed E-state index contributed by atoms with van der Waals surface area (Å²) in [4.78, 5) is 11.2. The van der Waals surface area contributed by atoms with Gasteiger partial charge in [-0.3, -0.25) is 4.57 Å². The van der Waals surface area contributed by atoms with Gasteiger partial charge in [0, 0.05) is 14.2 Å². The fourth-order valence-corrected chi connectivity index (χ4v) is 2.29. The molecule has 94 valence electrons. The maximum atomic E-state index is 12.0. The van der Waals surface area contributed by atoms with Gasteiger partial charge in [0.25, 0.3) is 0 Å². The Bertz CT molecular complexity index is 332. The van der Waals surface area contributed by atoms with Crippen LogP contribution in [0.5, 0.6) is 0 Å². The number of carbonyl (C=O) groups excluding carboxylic acids is 1. The number of nitrogens with two attached hydrogens (primary N) is 1. The first-order valence-corrected chi connectivity index (χ1v) is 5.65. The van der Waals surface area contributed by atoms with E-state index in [0.717, 1.165) is 28.3 Å². The topological polar surface area (TPSA) is 120 Å². The maximum absolute atomic E-state index is 12.0. The van der Waals surface area contributed by atoms with Crippen LogP contribution in [0.1, 0.15) is 6.92 Å². The minimum Gasteiger partial charge on any atom is -0.464 e. The van der Waals surface area contributed by atoms with Gasteiger partial charge >= 0.3 is 13.6 Å². The SMILES string of the molecule is COC(=O)/C(=N\N)C(C)(O)P(=O)(OC)OC. The van der Waals surface area contributed by atoms with Crippen LogP contribution in [-0.4, -0.2) is 43.5 Å². The Balaban J connectivity index is 5.49. The number of hydrazone groups is 1. The van der Waals surface area contributed by atoms with E-state index in [2.05, 4.69) is 18.9 Å². The molecule has 0 amide bonds. The van der Waals surface area contributed by atoms with E-state index in [1.807, 2.05) is 0 Å². The van der Waals surface area contributed by atoms with Gasteiger partial charge in [0.15, 0.2) is 5.71 Å². The van der Waals surface area contributed by atoms with Crippen molar-refractivity contribution in [1.82, 2.24) is 0 Å². The van der Waals surface area contributed by atoms with Crippen molar-refractivity contribution in [1.29, 1.82) is 0 Å². The zero-order valence-electron chi connectivity index (χ0n) is 9.46. The highest BCUT2D eigenvalue weighted by Crippen LogP contribution is 2.58. The highest BCUT2D eigenvalue weighted by atomic mass is 31.2. The number of esters is 1. The Morgan fingerprint density at radius 1 is 1.38 bits per heavy atom. The van der Waals surface area contributed by atoms with E-state index >= 15 is 0 Å². The summed E-state index contributed by atoms with van der Waals surface area (Å²) in [5.41, 5.74) is -0.651. The van der Waals surface area contributed by atoms with Gasteiger partial charge in [0.2, 0.25) is 5.34 Å². The van der Waals surface area contributed by atoms with Gasteiger partial charge in [0.05, 0.1) is 7.11 Å². The first kappa shape index (κ1) is 15.0. The van der Waals surface area contributed by atoms with Crippen LogP contribution in [0.3, 0.4) is 0 Å². The molecule has 1 unspecified atom stereocenters. The normalized spacial score (nSPS) is 16.7. The van der Waals surface area contributed by atoms with Crippen LogP contribution in [0.2, 0.25) is 0 Å². The highest BCUT2D eigenvalue weighted by molar-refractivity contribution is 7.56. The Morgan fingerprint density at radius 2 is 1.81 bits per heavy atom. The van der Waals surface area contributed by atoms with Crippen LogP contribution in [0.15, 0.2) is 5.10 Å². The Kier molecular flexibility index (Phi) is 5.08. The molecule has 0 aromatic rings. The summed E-state index contributed by atoms with van der Waals surface area (Å²) in [5, 5.41) is 10.7. The first-order valence-electron chi connectivity index (χ1n) is 4.11. The molecule has 8 nitrogen and oxygen atoms in total. The molecule has 0 aromatic carbocycles. The molecule has 0 aliphatic rings. The number of aliphatic hydroxyl groups is 1. The molecule has 0 aliphatic carbocycles. The second-order valence-electron chi connectivity index (χ2n) is 2.85. The quantitative estimate of drug-likeness (QED) is 0.226. The van der Waals surface area contributed by atoms with Crippen LogP contribution in [0.4, 0.5) is 0 Å². The van der Waals surface area contributed by atoms with Gasteiger partial charge in [0.1, 0.15) is 0 Å². The average molecular weight is 254 g/mol. The van der Waals surface area contributed by atoms with Crippen molar-refractivity contribution in [3.63, 3.8) is 0 Å². The maximum Gasteiger partial charge on any atom is 0.367 e. The predicted molar refractivity (Wildman–Crippen MR) is 55.9 cm³/mol. The second-order valence-corrected chi connectivity index (χ2v) is 5.45. The number of methoxy groups -OCH3 is 1. The lowest BCUT2D eigenvalue weighted by atomic mass is 10.2. The number of nitrogens with zero attached hydrogens (tertiary/aromatic N) is 1. The van der Waals surface area contributed by atoms with E-state index in [1.54, 1.807) is 0 Å². The second kappa shape index (κ2) is 5.40. The zero-order chi connectivity index (χ0) is 13.0. The van der Waals surface area contributed by atoms with Crippen molar-refractivity contribution in [3.05, 3.63) is 0 Å². The third kappa shape index (κ3) is 2.41. The Hall–Kier alpha value is -0.950. The molecule has 0 rings (SSSR count). The monoisotopic (exact) mass is 254 g/mol. The van der Waals surface area contributed by atoms with E-state index in [1.165, 1.54) is 0 Å². The van der Waals surface area contributed by atoms with Crippen molar-refractivity contribution < 1.29 is 28.3 Å². The third-order valence-corrected chi connectivity index (χ3v) is 4.21.